The minimum atomic E-state index is -0.320. The van der Waals surface area contributed by atoms with E-state index in [1.54, 1.807) is 0 Å². The number of hydrogen-bond acceptors (Lipinski definition) is 5. The zero-order valence-electron chi connectivity index (χ0n) is 12.0. The van der Waals surface area contributed by atoms with E-state index in [1.807, 2.05) is 13.8 Å². The summed E-state index contributed by atoms with van der Waals surface area (Å²) in [6.45, 7) is 5.20. The lowest BCUT2D eigenvalue weighted by atomic mass is 9.94. The van der Waals surface area contributed by atoms with Crippen LogP contribution in [0.1, 0.15) is 57.7 Å². The van der Waals surface area contributed by atoms with Gasteiger partial charge >= 0.3 is 0 Å². The highest BCUT2D eigenvalue weighted by molar-refractivity contribution is 4.88. The number of aliphatic hydroxyl groups excluding tert-OH is 1. The molecule has 1 aromatic rings. The first-order chi connectivity index (χ1) is 9.19. The second kappa shape index (κ2) is 7.01. The summed E-state index contributed by atoms with van der Waals surface area (Å²) in [5.74, 6) is 1.43. The third-order valence-corrected chi connectivity index (χ3v) is 3.75. The molecular weight excluding hydrogens is 242 g/mol. The van der Waals surface area contributed by atoms with Crippen LogP contribution in [-0.2, 0) is 13.0 Å². The molecule has 1 heterocycles. The summed E-state index contributed by atoms with van der Waals surface area (Å²) in [5.41, 5.74) is 0. The summed E-state index contributed by atoms with van der Waals surface area (Å²) in [7, 11) is 0. The maximum atomic E-state index is 9.68. The van der Waals surface area contributed by atoms with Crippen molar-refractivity contribution in [2.24, 2.45) is 0 Å². The first kappa shape index (κ1) is 14.5. The Balaban J connectivity index is 1.99. The predicted molar refractivity (Wildman–Crippen MR) is 72.6 cm³/mol. The summed E-state index contributed by atoms with van der Waals surface area (Å²) in [4.78, 5) is 6.68. The second-order valence-corrected chi connectivity index (χ2v) is 5.53. The Labute approximate surface area is 115 Å². The number of hydrogen-bond donors (Lipinski definition) is 1. The van der Waals surface area contributed by atoms with Crippen molar-refractivity contribution < 1.29 is 9.63 Å². The number of rotatable bonds is 6. The third-order valence-electron chi connectivity index (χ3n) is 3.75. The number of aryl methyl sites for hydroxylation is 1. The van der Waals surface area contributed by atoms with Crippen LogP contribution in [0.2, 0.25) is 0 Å². The van der Waals surface area contributed by atoms with Crippen LogP contribution in [0.25, 0.3) is 0 Å². The molecule has 2 rings (SSSR count). The highest BCUT2D eigenvalue weighted by atomic mass is 16.5. The van der Waals surface area contributed by atoms with Gasteiger partial charge < -0.3 is 9.63 Å². The molecule has 5 nitrogen and oxygen atoms in total. The topological polar surface area (TPSA) is 62.4 Å². The first-order valence-electron chi connectivity index (χ1n) is 7.42. The molecule has 0 bridgehead atoms. The summed E-state index contributed by atoms with van der Waals surface area (Å²) in [6.07, 6.45) is 6.78. The highest BCUT2D eigenvalue weighted by Gasteiger charge is 2.23. The molecule has 0 amide bonds. The van der Waals surface area contributed by atoms with Gasteiger partial charge in [0.2, 0.25) is 5.89 Å². The van der Waals surface area contributed by atoms with Gasteiger partial charge in [0.05, 0.1) is 12.6 Å². The molecular formula is C14H25N3O2. The van der Waals surface area contributed by atoms with Crippen molar-refractivity contribution >= 4 is 0 Å². The van der Waals surface area contributed by atoms with Gasteiger partial charge in [-0.3, -0.25) is 4.90 Å². The van der Waals surface area contributed by atoms with Crippen molar-refractivity contribution in [2.75, 3.05) is 6.54 Å². The lowest BCUT2D eigenvalue weighted by molar-refractivity contribution is 0.0744. The zero-order chi connectivity index (χ0) is 13.7. The van der Waals surface area contributed by atoms with Crippen LogP contribution in [0.15, 0.2) is 4.52 Å². The largest absolute Gasteiger partial charge is 0.392 e. The van der Waals surface area contributed by atoms with Gasteiger partial charge in [-0.15, -0.1) is 0 Å². The molecule has 1 fully saturated rings. The lowest BCUT2D eigenvalue weighted by Crippen LogP contribution is -2.40. The minimum Gasteiger partial charge on any atom is -0.392 e. The Bertz CT molecular complexity index is 373. The minimum absolute atomic E-state index is 0.320. The van der Waals surface area contributed by atoms with E-state index in [1.165, 1.54) is 32.1 Å². The molecule has 0 aromatic carbocycles. The highest BCUT2D eigenvalue weighted by Crippen LogP contribution is 2.23. The SMILES string of the molecule is CCc1nc(CN(CC(C)O)C2CCCCC2)no1. The van der Waals surface area contributed by atoms with Gasteiger partial charge in [-0.2, -0.15) is 4.98 Å². The second-order valence-electron chi connectivity index (χ2n) is 5.53. The molecule has 5 heteroatoms. The average molecular weight is 267 g/mol. The fourth-order valence-electron chi connectivity index (χ4n) is 2.81. The van der Waals surface area contributed by atoms with Gasteiger partial charge in [-0.05, 0) is 19.8 Å². The van der Waals surface area contributed by atoms with Crippen molar-refractivity contribution in [3.63, 3.8) is 0 Å². The fraction of sp³-hybridized carbons (Fsp3) is 0.857. The Morgan fingerprint density at radius 1 is 1.37 bits per heavy atom. The monoisotopic (exact) mass is 267 g/mol. The van der Waals surface area contributed by atoms with Crippen molar-refractivity contribution in [1.29, 1.82) is 0 Å². The van der Waals surface area contributed by atoms with E-state index >= 15 is 0 Å². The summed E-state index contributed by atoms with van der Waals surface area (Å²) < 4.78 is 5.16. The Hall–Kier alpha value is -0.940. The fourth-order valence-corrected chi connectivity index (χ4v) is 2.81. The quantitative estimate of drug-likeness (QED) is 0.855. The van der Waals surface area contributed by atoms with Gasteiger partial charge in [-0.1, -0.05) is 31.3 Å². The van der Waals surface area contributed by atoms with Crippen LogP contribution in [0.5, 0.6) is 0 Å². The zero-order valence-corrected chi connectivity index (χ0v) is 12.0. The molecule has 1 saturated carbocycles. The van der Waals surface area contributed by atoms with Crippen molar-refractivity contribution in [3.05, 3.63) is 11.7 Å². The Morgan fingerprint density at radius 2 is 2.11 bits per heavy atom. The van der Waals surface area contributed by atoms with E-state index in [4.69, 9.17) is 4.52 Å². The molecule has 1 aliphatic carbocycles. The Kier molecular flexibility index (Phi) is 5.34. The summed E-state index contributed by atoms with van der Waals surface area (Å²) >= 11 is 0. The molecule has 0 spiro atoms. The van der Waals surface area contributed by atoms with E-state index < -0.39 is 0 Å². The van der Waals surface area contributed by atoms with E-state index in [0.717, 1.165) is 12.2 Å². The van der Waals surface area contributed by atoms with Gasteiger partial charge in [0.15, 0.2) is 5.82 Å². The molecule has 0 radical (unpaired) electrons. The molecule has 108 valence electrons. The molecule has 1 aliphatic rings. The number of aliphatic hydroxyl groups is 1. The van der Waals surface area contributed by atoms with E-state index in [0.29, 0.717) is 25.0 Å². The predicted octanol–water partition coefficient (Wildman–Crippen LogP) is 2.15. The third kappa shape index (κ3) is 4.28. The van der Waals surface area contributed by atoms with E-state index in [9.17, 15) is 5.11 Å². The molecule has 1 unspecified atom stereocenters. The van der Waals surface area contributed by atoms with Crippen molar-refractivity contribution in [3.8, 4) is 0 Å². The average Bonchev–Trinajstić information content (AvgIpc) is 2.86. The van der Waals surface area contributed by atoms with E-state index in [2.05, 4.69) is 15.0 Å². The van der Waals surface area contributed by atoms with Crippen LogP contribution < -0.4 is 0 Å². The number of aromatic nitrogens is 2. The molecule has 1 aromatic heterocycles. The Morgan fingerprint density at radius 3 is 2.68 bits per heavy atom. The van der Waals surface area contributed by atoms with Crippen molar-refractivity contribution in [2.45, 2.75) is 71.1 Å². The normalized spacial score (nSPS) is 18.9. The van der Waals surface area contributed by atoms with Gasteiger partial charge in [0, 0.05) is 19.0 Å². The molecule has 0 aliphatic heterocycles. The molecule has 19 heavy (non-hydrogen) atoms. The summed E-state index contributed by atoms with van der Waals surface area (Å²) in [6, 6.07) is 0.548. The van der Waals surface area contributed by atoms with Gasteiger partial charge in [0.25, 0.3) is 0 Å². The number of nitrogens with zero attached hydrogens (tertiary/aromatic N) is 3. The first-order valence-corrected chi connectivity index (χ1v) is 7.42. The summed E-state index contributed by atoms with van der Waals surface area (Å²) in [5, 5.41) is 13.7. The lowest BCUT2D eigenvalue weighted by Gasteiger charge is -2.34. The van der Waals surface area contributed by atoms with Crippen LogP contribution in [0, 0.1) is 0 Å². The maximum absolute atomic E-state index is 9.68. The standard InChI is InChI=1S/C14H25N3O2/c1-3-14-15-13(16-19-14)10-17(9-11(2)18)12-7-5-4-6-8-12/h11-12,18H,3-10H2,1-2H3. The molecule has 1 N–H and O–H groups in total. The van der Waals surface area contributed by atoms with Gasteiger partial charge in [0.1, 0.15) is 0 Å². The maximum Gasteiger partial charge on any atom is 0.226 e. The van der Waals surface area contributed by atoms with E-state index in [-0.39, 0.29) is 6.10 Å². The molecule has 1 atom stereocenters. The van der Waals surface area contributed by atoms with Gasteiger partial charge in [-0.25, -0.2) is 0 Å². The van der Waals surface area contributed by atoms with Crippen LogP contribution in [0.4, 0.5) is 0 Å². The smallest absolute Gasteiger partial charge is 0.226 e. The van der Waals surface area contributed by atoms with Crippen LogP contribution >= 0.6 is 0 Å². The van der Waals surface area contributed by atoms with Crippen molar-refractivity contribution in [1.82, 2.24) is 15.0 Å². The van der Waals surface area contributed by atoms with Crippen LogP contribution in [-0.4, -0.2) is 38.8 Å². The molecule has 0 saturated heterocycles. The van der Waals surface area contributed by atoms with Crippen LogP contribution in [0.3, 0.4) is 0 Å².